The summed E-state index contributed by atoms with van der Waals surface area (Å²) < 4.78 is 5.39. The average Bonchev–Trinajstić information content (AvgIpc) is 3.24. The molecule has 41 heavy (non-hydrogen) atoms. The van der Waals surface area contributed by atoms with Gasteiger partial charge in [-0.15, -0.1) is 0 Å². The minimum atomic E-state index is -0.848. The van der Waals surface area contributed by atoms with Crippen LogP contribution in [-0.2, 0) is 16.0 Å². The van der Waals surface area contributed by atoms with Crippen molar-refractivity contribution in [3.8, 4) is 5.75 Å². The molecule has 214 valence electrons. The van der Waals surface area contributed by atoms with E-state index in [9.17, 15) is 14.4 Å². The number of anilines is 1. The molecule has 2 aliphatic rings. The summed E-state index contributed by atoms with van der Waals surface area (Å²) in [5.74, 6) is 0.269. The van der Waals surface area contributed by atoms with Crippen LogP contribution < -0.4 is 15.0 Å². The van der Waals surface area contributed by atoms with Gasteiger partial charge in [0.05, 0.1) is 24.4 Å². The molecular formula is C31H32Cl2N4O4. The van der Waals surface area contributed by atoms with Crippen molar-refractivity contribution >= 4 is 46.6 Å². The van der Waals surface area contributed by atoms with Crippen molar-refractivity contribution in [2.75, 3.05) is 44.9 Å². The van der Waals surface area contributed by atoms with Crippen LogP contribution in [0.5, 0.6) is 5.75 Å². The third-order valence-corrected chi connectivity index (χ3v) is 8.41. The molecule has 10 heteroatoms. The van der Waals surface area contributed by atoms with Crippen molar-refractivity contribution in [3.05, 3.63) is 94.0 Å². The molecule has 0 atom stereocenters. The van der Waals surface area contributed by atoms with Crippen LogP contribution in [-0.4, -0.2) is 73.0 Å². The van der Waals surface area contributed by atoms with Crippen molar-refractivity contribution in [1.82, 2.24) is 15.1 Å². The van der Waals surface area contributed by atoms with Crippen LogP contribution in [0.4, 0.5) is 5.69 Å². The van der Waals surface area contributed by atoms with Gasteiger partial charge in [0.2, 0.25) is 5.91 Å². The van der Waals surface area contributed by atoms with Crippen molar-refractivity contribution in [2.45, 2.75) is 24.8 Å². The van der Waals surface area contributed by atoms with Gasteiger partial charge >= 0.3 is 0 Å². The predicted molar refractivity (Wildman–Crippen MR) is 160 cm³/mol. The standard InChI is InChI=1S/C31H32Cl2N4O4/c1-41-27-10-6-5-7-22(27)13-16-34-28(38)20-36-21-37(24-8-3-2-4-9-24)31(30(36)40)14-17-35(18-15-31)29(39)25-12-11-23(32)19-26(25)33/h2-12,19H,13-18,20-21H2,1H3,(H,34,38). The van der Waals surface area contributed by atoms with Gasteiger partial charge in [0, 0.05) is 30.3 Å². The number of carbonyl (C=O) groups is 3. The second kappa shape index (κ2) is 12.4. The van der Waals surface area contributed by atoms with E-state index in [2.05, 4.69) is 10.2 Å². The number of hydrogen-bond donors (Lipinski definition) is 1. The second-order valence-electron chi connectivity index (χ2n) is 10.3. The SMILES string of the molecule is COc1ccccc1CCNC(=O)CN1CN(c2ccccc2)C2(CCN(C(=O)c3ccc(Cl)cc3Cl)CC2)C1=O. The first-order chi connectivity index (χ1) is 19.8. The predicted octanol–water partition coefficient (Wildman–Crippen LogP) is 4.64. The fraction of sp³-hybridized carbons (Fsp3) is 0.323. The number of rotatable bonds is 8. The van der Waals surface area contributed by atoms with E-state index in [1.54, 1.807) is 35.1 Å². The molecule has 2 aliphatic heterocycles. The zero-order valence-electron chi connectivity index (χ0n) is 22.8. The van der Waals surface area contributed by atoms with Crippen LogP contribution in [0.25, 0.3) is 0 Å². The Morgan fingerprint density at radius 2 is 1.68 bits per heavy atom. The average molecular weight is 596 g/mol. The molecular weight excluding hydrogens is 563 g/mol. The molecule has 1 spiro atoms. The zero-order valence-corrected chi connectivity index (χ0v) is 24.3. The fourth-order valence-corrected chi connectivity index (χ4v) is 6.20. The summed E-state index contributed by atoms with van der Waals surface area (Å²) in [7, 11) is 1.62. The number of para-hydroxylation sites is 2. The van der Waals surface area contributed by atoms with Crippen molar-refractivity contribution < 1.29 is 19.1 Å². The van der Waals surface area contributed by atoms with Crippen molar-refractivity contribution in [3.63, 3.8) is 0 Å². The molecule has 1 N–H and O–H groups in total. The second-order valence-corrected chi connectivity index (χ2v) is 11.1. The van der Waals surface area contributed by atoms with E-state index in [-0.39, 0.29) is 24.3 Å². The number of piperidine rings is 1. The number of amides is 3. The van der Waals surface area contributed by atoms with E-state index < -0.39 is 5.54 Å². The number of hydrogen-bond acceptors (Lipinski definition) is 5. The smallest absolute Gasteiger partial charge is 0.255 e. The van der Waals surface area contributed by atoms with E-state index in [0.29, 0.717) is 61.2 Å². The molecule has 0 aromatic heterocycles. The van der Waals surface area contributed by atoms with E-state index in [4.69, 9.17) is 27.9 Å². The van der Waals surface area contributed by atoms with Crippen LogP contribution in [0.1, 0.15) is 28.8 Å². The topological polar surface area (TPSA) is 82.2 Å². The third-order valence-electron chi connectivity index (χ3n) is 7.86. The first-order valence-corrected chi connectivity index (χ1v) is 14.3. The highest BCUT2D eigenvalue weighted by molar-refractivity contribution is 6.36. The van der Waals surface area contributed by atoms with Gasteiger partial charge in [0.15, 0.2) is 0 Å². The minimum absolute atomic E-state index is 0.0428. The van der Waals surface area contributed by atoms with Gasteiger partial charge in [-0.25, -0.2) is 0 Å². The van der Waals surface area contributed by atoms with Crippen LogP contribution in [0, 0.1) is 0 Å². The Kier molecular flexibility index (Phi) is 8.71. The summed E-state index contributed by atoms with van der Waals surface area (Å²) in [5.41, 5.74) is 1.44. The zero-order chi connectivity index (χ0) is 29.0. The van der Waals surface area contributed by atoms with Crippen LogP contribution in [0.2, 0.25) is 10.0 Å². The van der Waals surface area contributed by atoms with E-state index >= 15 is 0 Å². The van der Waals surface area contributed by atoms with Gasteiger partial charge < -0.3 is 24.8 Å². The highest BCUT2D eigenvalue weighted by atomic mass is 35.5. The Labute approximate surface area is 249 Å². The maximum atomic E-state index is 14.0. The maximum absolute atomic E-state index is 14.0. The van der Waals surface area contributed by atoms with E-state index in [1.165, 1.54) is 0 Å². The summed E-state index contributed by atoms with van der Waals surface area (Å²) in [6.07, 6.45) is 1.48. The Hall–Kier alpha value is -3.75. The Bertz CT molecular complexity index is 1430. The molecule has 0 aliphatic carbocycles. The lowest BCUT2D eigenvalue weighted by molar-refractivity contribution is -0.137. The summed E-state index contributed by atoms with van der Waals surface area (Å²) >= 11 is 12.3. The molecule has 3 aromatic rings. The highest BCUT2D eigenvalue weighted by Crippen LogP contribution is 2.40. The molecule has 5 rings (SSSR count). The van der Waals surface area contributed by atoms with Gasteiger partial charge in [0.1, 0.15) is 17.8 Å². The molecule has 8 nitrogen and oxygen atoms in total. The molecule has 0 unspecified atom stereocenters. The van der Waals surface area contributed by atoms with Gasteiger partial charge in [-0.05, 0) is 61.2 Å². The third kappa shape index (κ3) is 5.99. The molecule has 0 bridgehead atoms. The molecule has 0 radical (unpaired) electrons. The van der Waals surface area contributed by atoms with Crippen LogP contribution in [0.3, 0.4) is 0 Å². The number of halogens is 2. The highest BCUT2D eigenvalue weighted by Gasteiger charge is 2.54. The largest absolute Gasteiger partial charge is 0.496 e. The summed E-state index contributed by atoms with van der Waals surface area (Å²) in [6.45, 7) is 1.44. The van der Waals surface area contributed by atoms with Gasteiger partial charge in [-0.2, -0.15) is 0 Å². The molecule has 3 amide bonds. The number of nitrogens with one attached hydrogen (secondary N) is 1. The monoisotopic (exact) mass is 594 g/mol. The summed E-state index contributed by atoms with van der Waals surface area (Å²) in [5, 5.41) is 3.70. The number of nitrogens with zero attached hydrogens (tertiary/aromatic N) is 3. The molecule has 2 saturated heterocycles. The Morgan fingerprint density at radius 1 is 0.976 bits per heavy atom. The molecule has 0 saturated carbocycles. The normalized spacial score (nSPS) is 16.3. The lowest BCUT2D eigenvalue weighted by Gasteiger charge is -2.43. The van der Waals surface area contributed by atoms with Crippen molar-refractivity contribution in [1.29, 1.82) is 0 Å². The lowest BCUT2D eigenvalue weighted by Crippen LogP contribution is -2.57. The lowest BCUT2D eigenvalue weighted by atomic mass is 9.85. The number of likely N-dealkylation sites (tertiary alicyclic amines) is 1. The number of carbonyl (C=O) groups excluding carboxylic acids is 3. The van der Waals surface area contributed by atoms with Crippen LogP contribution >= 0.6 is 23.2 Å². The summed E-state index contributed by atoms with van der Waals surface area (Å²) in [4.78, 5) is 45.6. The first-order valence-electron chi connectivity index (χ1n) is 13.6. The van der Waals surface area contributed by atoms with Gasteiger partial charge in [-0.3, -0.25) is 14.4 Å². The number of methoxy groups -OCH3 is 1. The molecule has 2 fully saturated rings. The number of benzene rings is 3. The Balaban J connectivity index is 1.27. The quantitative estimate of drug-likeness (QED) is 0.411. The molecule has 2 heterocycles. The summed E-state index contributed by atoms with van der Waals surface area (Å²) in [6, 6.07) is 22.2. The van der Waals surface area contributed by atoms with E-state index in [1.807, 2.05) is 54.6 Å². The Morgan fingerprint density at radius 3 is 2.39 bits per heavy atom. The van der Waals surface area contributed by atoms with E-state index in [0.717, 1.165) is 17.0 Å². The molecule has 3 aromatic carbocycles. The number of ether oxygens (including phenoxy) is 1. The van der Waals surface area contributed by atoms with Crippen molar-refractivity contribution in [2.24, 2.45) is 0 Å². The van der Waals surface area contributed by atoms with Crippen LogP contribution in [0.15, 0.2) is 72.8 Å². The maximum Gasteiger partial charge on any atom is 0.255 e. The fourth-order valence-electron chi connectivity index (χ4n) is 5.71. The minimum Gasteiger partial charge on any atom is -0.496 e. The first kappa shape index (κ1) is 28.8. The van der Waals surface area contributed by atoms with Gasteiger partial charge in [-0.1, -0.05) is 59.6 Å². The van der Waals surface area contributed by atoms with Gasteiger partial charge in [0.25, 0.3) is 11.8 Å².